The molecule has 0 heterocycles. The maximum Gasteiger partial charge on any atom is 0.338 e. The Morgan fingerprint density at radius 1 is 1.25 bits per heavy atom. The van der Waals surface area contributed by atoms with Gasteiger partial charge in [-0.05, 0) is 44.1 Å². The van der Waals surface area contributed by atoms with Gasteiger partial charge >= 0.3 is 5.97 Å². The first-order valence-electron chi connectivity index (χ1n) is 6.58. The van der Waals surface area contributed by atoms with Gasteiger partial charge in [-0.2, -0.15) is 11.8 Å². The van der Waals surface area contributed by atoms with E-state index in [4.69, 9.17) is 4.74 Å². The van der Waals surface area contributed by atoms with Gasteiger partial charge in [0.15, 0.2) is 0 Å². The number of ether oxygens (including phenoxy) is 1. The number of carbonyl (C=O) groups is 1. The lowest BCUT2D eigenvalue weighted by Crippen LogP contribution is -2.25. The SMILES string of the molecule is CSC1CCC(OC(=O)c2ccc([N+](=O)[O-])cc2)CC1. The monoisotopic (exact) mass is 295 g/mol. The van der Waals surface area contributed by atoms with Gasteiger partial charge in [0.2, 0.25) is 0 Å². The van der Waals surface area contributed by atoms with Crippen molar-refractivity contribution in [1.29, 1.82) is 0 Å². The van der Waals surface area contributed by atoms with E-state index in [0.29, 0.717) is 10.8 Å². The summed E-state index contributed by atoms with van der Waals surface area (Å²) in [6.07, 6.45) is 6.00. The van der Waals surface area contributed by atoms with Crippen LogP contribution in [0.25, 0.3) is 0 Å². The lowest BCUT2D eigenvalue weighted by molar-refractivity contribution is -0.384. The topological polar surface area (TPSA) is 69.4 Å². The van der Waals surface area contributed by atoms with Gasteiger partial charge in [-0.3, -0.25) is 10.1 Å². The number of hydrogen-bond acceptors (Lipinski definition) is 5. The van der Waals surface area contributed by atoms with Crippen LogP contribution < -0.4 is 0 Å². The number of thioether (sulfide) groups is 1. The molecule has 6 heteroatoms. The van der Waals surface area contributed by atoms with E-state index in [-0.39, 0.29) is 11.8 Å². The molecule has 0 unspecified atom stereocenters. The average molecular weight is 295 g/mol. The zero-order valence-electron chi connectivity index (χ0n) is 11.3. The fourth-order valence-electron chi connectivity index (χ4n) is 2.32. The van der Waals surface area contributed by atoms with Crippen LogP contribution in [-0.4, -0.2) is 28.5 Å². The summed E-state index contributed by atoms with van der Waals surface area (Å²) in [5.74, 6) is -0.396. The molecular weight excluding hydrogens is 278 g/mol. The first kappa shape index (κ1) is 14.8. The Hall–Kier alpha value is -1.56. The third-order valence-electron chi connectivity index (χ3n) is 3.54. The standard InChI is InChI=1S/C14H17NO4S/c1-20-13-8-6-12(7-9-13)19-14(16)10-2-4-11(5-3-10)15(17)18/h2-5,12-13H,6-9H2,1H3. The van der Waals surface area contributed by atoms with Crippen LogP contribution in [-0.2, 0) is 4.74 Å². The second-order valence-corrected chi connectivity index (χ2v) is 5.98. The molecule has 0 saturated heterocycles. The number of hydrogen-bond donors (Lipinski definition) is 0. The fourth-order valence-corrected chi connectivity index (χ4v) is 3.07. The predicted octanol–water partition coefficient (Wildman–Crippen LogP) is 3.43. The van der Waals surface area contributed by atoms with Crippen molar-refractivity contribution in [2.45, 2.75) is 37.0 Å². The first-order valence-corrected chi connectivity index (χ1v) is 7.87. The Labute approximate surface area is 121 Å². The second kappa shape index (κ2) is 6.74. The summed E-state index contributed by atoms with van der Waals surface area (Å²) in [5.41, 5.74) is 0.338. The smallest absolute Gasteiger partial charge is 0.338 e. The zero-order chi connectivity index (χ0) is 14.5. The molecule has 0 spiro atoms. The molecule has 1 aromatic carbocycles. The molecule has 1 aromatic rings. The molecule has 1 aliphatic carbocycles. The summed E-state index contributed by atoms with van der Waals surface area (Å²) in [5, 5.41) is 11.2. The number of non-ortho nitro benzene ring substituents is 1. The molecule has 20 heavy (non-hydrogen) atoms. The Balaban J connectivity index is 1.90. The maximum atomic E-state index is 11.9. The summed E-state index contributed by atoms with van der Waals surface area (Å²) < 4.78 is 5.45. The molecule has 0 radical (unpaired) electrons. The van der Waals surface area contributed by atoms with Gasteiger partial charge in [0, 0.05) is 17.4 Å². The fraction of sp³-hybridized carbons (Fsp3) is 0.500. The van der Waals surface area contributed by atoms with E-state index >= 15 is 0 Å². The number of rotatable bonds is 4. The van der Waals surface area contributed by atoms with Crippen molar-refractivity contribution in [3.8, 4) is 0 Å². The average Bonchev–Trinajstić information content (AvgIpc) is 2.48. The molecule has 1 saturated carbocycles. The molecule has 0 N–H and O–H groups in total. The van der Waals surface area contributed by atoms with Crippen LogP contribution in [0.4, 0.5) is 5.69 Å². The number of carbonyl (C=O) groups excluding carboxylic acids is 1. The lowest BCUT2D eigenvalue weighted by atomic mass is 9.97. The summed E-state index contributed by atoms with van der Waals surface area (Å²) in [4.78, 5) is 22.0. The van der Waals surface area contributed by atoms with Crippen LogP contribution in [0.5, 0.6) is 0 Å². The highest BCUT2D eigenvalue weighted by Crippen LogP contribution is 2.29. The van der Waals surface area contributed by atoms with Crippen molar-refractivity contribution < 1.29 is 14.5 Å². The zero-order valence-corrected chi connectivity index (χ0v) is 12.1. The van der Waals surface area contributed by atoms with Crippen molar-refractivity contribution >= 4 is 23.4 Å². The molecule has 5 nitrogen and oxygen atoms in total. The van der Waals surface area contributed by atoms with Crippen molar-refractivity contribution in [2.24, 2.45) is 0 Å². The van der Waals surface area contributed by atoms with Crippen LogP contribution in [0, 0.1) is 10.1 Å². The van der Waals surface area contributed by atoms with E-state index in [2.05, 4.69) is 6.26 Å². The van der Waals surface area contributed by atoms with Gasteiger partial charge in [-0.1, -0.05) is 0 Å². The summed E-state index contributed by atoms with van der Waals surface area (Å²) in [6.45, 7) is 0. The highest BCUT2D eigenvalue weighted by molar-refractivity contribution is 7.99. The molecule has 108 valence electrons. The molecule has 0 aliphatic heterocycles. The van der Waals surface area contributed by atoms with Crippen LogP contribution in [0.2, 0.25) is 0 Å². The maximum absolute atomic E-state index is 11.9. The minimum absolute atomic E-state index is 0.0259. The molecule has 0 amide bonds. The number of nitrogens with zero attached hydrogens (tertiary/aromatic N) is 1. The van der Waals surface area contributed by atoms with Gasteiger partial charge in [-0.25, -0.2) is 4.79 Å². The van der Waals surface area contributed by atoms with Crippen LogP contribution in [0.1, 0.15) is 36.0 Å². The van der Waals surface area contributed by atoms with E-state index in [0.717, 1.165) is 25.7 Å². The highest BCUT2D eigenvalue weighted by Gasteiger charge is 2.23. The molecular formula is C14H17NO4S. The number of benzene rings is 1. The minimum Gasteiger partial charge on any atom is -0.459 e. The highest BCUT2D eigenvalue weighted by atomic mass is 32.2. The molecule has 1 aliphatic rings. The first-order chi connectivity index (χ1) is 9.60. The van der Waals surface area contributed by atoms with Crippen LogP contribution >= 0.6 is 11.8 Å². The van der Waals surface area contributed by atoms with Crippen LogP contribution in [0.15, 0.2) is 24.3 Å². The third-order valence-corrected chi connectivity index (χ3v) is 4.68. The molecule has 2 rings (SSSR count). The molecule has 0 bridgehead atoms. The van der Waals surface area contributed by atoms with E-state index in [1.54, 1.807) is 0 Å². The predicted molar refractivity (Wildman–Crippen MR) is 78.1 cm³/mol. The molecule has 1 fully saturated rings. The molecule has 0 atom stereocenters. The van der Waals surface area contributed by atoms with Crippen molar-refractivity contribution in [3.63, 3.8) is 0 Å². The Morgan fingerprint density at radius 3 is 2.35 bits per heavy atom. The minimum atomic E-state index is -0.487. The van der Waals surface area contributed by atoms with E-state index < -0.39 is 10.9 Å². The summed E-state index contributed by atoms with van der Waals surface area (Å²) >= 11 is 1.86. The van der Waals surface area contributed by atoms with Gasteiger partial charge in [0.1, 0.15) is 6.10 Å². The Morgan fingerprint density at radius 2 is 1.85 bits per heavy atom. The third kappa shape index (κ3) is 3.72. The lowest BCUT2D eigenvalue weighted by Gasteiger charge is -2.27. The Kier molecular flexibility index (Phi) is 5.00. The van der Waals surface area contributed by atoms with Crippen molar-refractivity contribution in [1.82, 2.24) is 0 Å². The number of esters is 1. The van der Waals surface area contributed by atoms with E-state index in [9.17, 15) is 14.9 Å². The van der Waals surface area contributed by atoms with E-state index in [1.807, 2.05) is 11.8 Å². The Bertz CT molecular complexity index is 480. The quantitative estimate of drug-likeness (QED) is 0.483. The number of nitro benzene ring substituents is 1. The van der Waals surface area contributed by atoms with Gasteiger partial charge < -0.3 is 4.74 Å². The largest absolute Gasteiger partial charge is 0.459 e. The van der Waals surface area contributed by atoms with Gasteiger partial charge in [0.25, 0.3) is 5.69 Å². The van der Waals surface area contributed by atoms with Crippen LogP contribution in [0.3, 0.4) is 0 Å². The normalized spacial score (nSPS) is 22.2. The van der Waals surface area contributed by atoms with Gasteiger partial charge in [-0.15, -0.1) is 0 Å². The second-order valence-electron chi connectivity index (χ2n) is 4.84. The summed E-state index contributed by atoms with van der Waals surface area (Å²) in [6, 6.07) is 5.52. The number of nitro groups is 1. The summed E-state index contributed by atoms with van der Waals surface area (Å²) in [7, 11) is 0. The van der Waals surface area contributed by atoms with Gasteiger partial charge in [0.05, 0.1) is 10.5 Å². The van der Waals surface area contributed by atoms with Crippen molar-refractivity contribution in [2.75, 3.05) is 6.26 Å². The van der Waals surface area contributed by atoms with Crippen molar-refractivity contribution in [3.05, 3.63) is 39.9 Å². The van der Waals surface area contributed by atoms with E-state index in [1.165, 1.54) is 24.3 Å². The molecule has 0 aromatic heterocycles.